The van der Waals surface area contributed by atoms with Gasteiger partial charge in [0.05, 0.1) is 16.0 Å². The van der Waals surface area contributed by atoms with Gasteiger partial charge in [-0.15, -0.1) is 0 Å². The number of fused-ring (bicyclic) bond motifs is 1. The van der Waals surface area contributed by atoms with E-state index >= 15 is 0 Å². The van der Waals surface area contributed by atoms with Crippen molar-refractivity contribution in [2.45, 2.75) is 17.4 Å². The van der Waals surface area contributed by atoms with E-state index in [-0.39, 0.29) is 29.7 Å². The van der Waals surface area contributed by atoms with Crippen LogP contribution in [0.5, 0.6) is 11.5 Å². The number of ether oxygens (including phenoxy) is 2. The molecule has 2 aromatic rings. The number of hydrogen-bond donors (Lipinski definition) is 2. The fourth-order valence-corrected chi connectivity index (χ4v) is 3.66. The average Bonchev–Trinajstić information content (AvgIpc) is 3.04. The van der Waals surface area contributed by atoms with Crippen molar-refractivity contribution in [3.63, 3.8) is 0 Å². The molecule has 1 aliphatic heterocycles. The summed E-state index contributed by atoms with van der Waals surface area (Å²) in [6.45, 7) is 0.127. The van der Waals surface area contributed by atoms with E-state index in [2.05, 4.69) is 4.72 Å². The quantitative estimate of drug-likeness (QED) is 0.795. The first-order chi connectivity index (χ1) is 11.9. The Hall–Kier alpha value is -1.87. The predicted octanol–water partition coefficient (Wildman–Crippen LogP) is 2.61. The van der Waals surface area contributed by atoms with E-state index in [4.69, 9.17) is 21.1 Å². The van der Waals surface area contributed by atoms with Crippen LogP contribution in [0.1, 0.15) is 18.1 Å². The second-order valence-corrected chi connectivity index (χ2v) is 7.57. The minimum absolute atomic E-state index is 0.00701. The summed E-state index contributed by atoms with van der Waals surface area (Å²) in [6, 6.07) is 8.17. The molecule has 0 unspecified atom stereocenters. The van der Waals surface area contributed by atoms with Crippen LogP contribution in [-0.2, 0) is 10.0 Å². The standard InChI is InChI=1S/C16H15ClFNO5S/c17-12-8-11(2-3-13(12)18)25(21,22)19-6-5-14(20)10-1-4-15-16(7-10)24-9-23-15/h1-4,7-8,14,19-20H,5-6,9H2/t14-/m0/s1. The van der Waals surface area contributed by atoms with Crippen LogP contribution >= 0.6 is 11.6 Å². The van der Waals surface area contributed by atoms with Crippen molar-refractivity contribution in [1.82, 2.24) is 4.72 Å². The molecular weight excluding hydrogens is 373 g/mol. The zero-order valence-corrected chi connectivity index (χ0v) is 14.5. The molecule has 2 aromatic carbocycles. The first-order valence-corrected chi connectivity index (χ1v) is 9.25. The van der Waals surface area contributed by atoms with Gasteiger partial charge >= 0.3 is 0 Å². The molecule has 9 heteroatoms. The third-order valence-electron chi connectivity index (χ3n) is 3.69. The molecule has 25 heavy (non-hydrogen) atoms. The van der Waals surface area contributed by atoms with Crippen LogP contribution in [-0.4, -0.2) is 26.9 Å². The van der Waals surface area contributed by atoms with Crippen LogP contribution < -0.4 is 14.2 Å². The number of hydrogen-bond acceptors (Lipinski definition) is 5. The zero-order chi connectivity index (χ0) is 18.0. The van der Waals surface area contributed by atoms with Crippen LogP contribution in [0.2, 0.25) is 5.02 Å². The van der Waals surface area contributed by atoms with Crippen molar-refractivity contribution in [2.24, 2.45) is 0 Å². The molecule has 0 spiro atoms. The Morgan fingerprint density at radius 3 is 2.72 bits per heavy atom. The van der Waals surface area contributed by atoms with Crippen molar-refractivity contribution >= 4 is 21.6 Å². The Morgan fingerprint density at radius 2 is 1.96 bits per heavy atom. The number of halogens is 2. The topological polar surface area (TPSA) is 84.9 Å². The molecule has 0 amide bonds. The average molecular weight is 388 g/mol. The molecular formula is C16H15ClFNO5S. The summed E-state index contributed by atoms with van der Waals surface area (Å²) in [6.07, 6.45) is -0.734. The van der Waals surface area contributed by atoms with Crippen molar-refractivity contribution in [1.29, 1.82) is 0 Å². The highest BCUT2D eigenvalue weighted by Crippen LogP contribution is 2.34. The van der Waals surface area contributed by atoms with E-state index < -0.39 is 21.9 Å². The van der Waals surface area contributed by atoms with E-state index in [9.17, 15) is 17.9 Å². The highest BCUT2D eigenvalue weighted by atomic mass is 35.5. The van der Waals surface area contributed by atoms with E-state index in [0.29, 0.717) is 17.1 Å². The minimum atomic E-state index is -3.84. The largest absolute Gasteiger partial charge is 0.454 e. The molecule has 134 valence electrons. The molecule has 0 bridgehead atoms. The second kappa shape index (κ2) is 7.17. The SMILES string of the molecule is O=S(=O)(NCC[C@H](O)c1ccc2c(c1)OCO2)c1ccc(F)c(Cl)c1. The normalized spacial score (nSPS) is 14.5. The molecule has 0 aliphatic carbocycles. The summed E-state index contributed by atoms with van der Waals surface area (Å²) in [5, 5.41) is 9.92. The second-order valence-electron chi connectivity index (χ2n) is 5.39. The Labute approximate surface area is 149 Å². The minimum Gasteiger partial charge on any atom is -0.454 e. The number of aliphatic hydroxyl groups is 1. The summed E-state index contributed by atoms with van der Waals surface area (Å²) in [4.78, 5) is -0.142. The van der Waals surface area contributed by atoms with Gasteiger partial charge in [0, 0.05) is 6.54 Å². The smallest absolute Gasteiger partial charge is 0.240 e. The maximum Gasteiger partial charge on any atom is 0.240 e. The number of nitrogens with one attached hydrogen (secondary N) is 1. The van der Waals surface area contributed by atoms with Gasteiger partial charge in [-0.3, -0.25) is 0 Å². The lowest BCUT2D eigenvalue weighted by molar-refractivity contribution is 0.166. The third kappa shape index (κ3) is 4.04. The molecule has 3 rings (SSSR count). The molecule has 1 heterocycles. The monoisotopic (exact) mass is 387 g/mol. The molecule has 6 nitrogen and oxygen atoms in total. The van der Waals surface area contributed by atoms with Crippen LogP contribution in [0, 0.1) is 5.82 Å². The van der Waals surface area contributed by atoms with Gasteiger partial charge in [-0.1, -0.05) is 17.7 Å². The lowest BCUT2D eigenvalue weighted by Crippen LogP contribution is -2.26. The van der Waals surface area contributed by atoms with Crippen LogP contribution in [0.4, 0.5) is 4.39 Å². The highest BCUT2D eigenvalue weighted by molar-refractivity contribution is 7.89. The molecule has 0 aromatic heterocycles. The summed E-state index contributed by atoms with van der Waals surface area (Å²) in [5.74, 6) is 0.446. The predicted molar refractivity (Wildman–Crippen MR) is 88.7 cm³/mol. The van der Waals surface area contributed by atoms with Crippen LogP contribution in [0.3, 0.4) is 0 Å². The van der Waals surface area contributed by atoms with Crippen molar-refractivity contribution in [2.75, 3.05) is 13.3 Å². The Morgan fingerprint density at radius 1 is 1.20 bits per heavy atom. The Bertz CT molecular complexity index is 890. The van der Waals surface area contributed by atoms with Gasteiger partial charge in [0.1, 0.15) is 5.82 Å². The van der Waals surface area contributed by atoms with Gasteiger partial charge in [-0.05, 0) is 42.3 Å². The molecule has 0 saturated carbocycles. The molecule has 1 atom stereocenters. The van der Waals surface area contributed by atoms with E-state index in [1.807, 2.05) is 0 Å². The van der Waals surface area contributed by atoms with Gasteiger partial charge in [-0.2, -0.15) is 0 Å². The van der Waals surface area contributed by atoms with Crippen molar-refractivity contribution < 1.29 is 27.4 Å². The highest BCUT2D eigenvalue weighted by Gasteiger charge is 2.19. The van der Waals surface area contributed by atoms with Gasteiger partial charge in [0.15, 0.2) is 11.5 Å². The molecule has 0 radical (unpaired) electrons. The molecule has 1 aliphatic rings. The number of sulfonamides is 1. The lowest BCUT2D eigenvalue weighted by atomic mass is 10.1. The van der Waals surface area contributed by atoms with Crippen LogP contribution in [0.25, 0.3) is 0 Å². The summed E-state index contributed by atoms with van der Waals surface area (Å²) in [7, 11) is -3.84. The number of aliphatic hydroxyl groups excluding tert-OH is 1. The first-order valence-electron chi connectivity index (χ1n) is 7.39. The molecule has 0 saturated heterocycles. The maximum absolute atomic E-state index is 13.1. The van der Waals surface area contributed by atoms with Gasteiger partial charge < -0.3 is 14.6 Å². The van der Waals surface area contributed by atoms with E-state index in [1.54, 1.807) is 18.2 Å². The van der Waals surface area contributed by atoms with Gasteiger partial charge in [0.25, 0.3) is 0 Å². The molecule has 0 fully saturated rings. The Balaban J connectivity index is 1.60. The van der Waals surface area contributed by atoms with Crippen LogP contribution in [0.15, 0.2) is 41.3 Å². The first kappa shape index (κ1) is 17.9. The fraction of sp³-hybridized carbons (Fsp3) is 0.250. The van der Waals surface area contributed by atoms with E-state index in [0.717, 1.165) is 18.2 Å². The number of benzene rings is 2. The van der Waals surface area contributed by atoms with Gasteiger partial charge in [0.2, 0.25) is 16.8 Å². The fourth-order valence-electron chi connectivity index (χ4n) is 2.34. The number of rotatable bonds is 6. The third-order valence-corrected chi connectivity index (χ3v) is 5.44. The van der Waals surface area contributed by atoms with Crippen molar-refractivity contribution in [3.8, 4) is 11.5 Å². The maximum atomic E-state index is 13.1. The lowest BCUT2D eigenvalue weighted by Gasteiger charge is -2.13. The summed E-state index contributed by atoms with van der Waals surface area (Å²) >= 11 is 5.60. The van der Waals surface area contributed by atoms with Gasteiger partial charge in [-0.25, -0.2) is 17.5 Å². The summed E-state index contributed by atoms with van der Waals surface area (Å²) in [5.41, 5.74) is 0.591. The van der Waals surface area contributed by atoms with E-state index in [1.165, 1.54) is 0 Å². The zero-order valence-electron chi connectivity index (χ0n) is 12.9. The van der Waals surface area contributed by atoms with Crippen molar-refractivity contribution in [3.05, 3.63) is 52.8 Å². The molecule has 2 N–H and O–H groups in total. The Kier molecular flexibility index (Phi) is 5.14. The summed E-state index contributed by atoms with van der Waals surface area (Å²) < 4.78 is 50.2.